The largest absolute Gasteiger partial charge is 0.497 e. The van der Waals surface area contributed by atoms with E-state index in [-0.39, 0.29) is 22.1 Å². The zero-order valence-electron chi connectivity index (χ0n) is 10.5. The zero-order chi connectivity index (χ0) is 14.9. The minimum Gasteiger partial charge on any atom is -0.497 e. The van der Waals surface area contributed by atoms with E-state index in [0.717, 1.165) is 4.47 Å². The summed E-state index contributed by atoms with van der Waals surface area (Å²) in [7, 11) is 1.54. The third kappa shape index (κ3) is 2.91. The topological polar surface area (TPSA) is 73.3 Å². The molecule has 0 aliphatic rings. The molecule has 0 fully saturated rings. The van der Waals surface area contributed by atoms with Crippen molar-refractivity contribution < 1.29 is 9.13 Å². The molecular weight excluding hydrogens is 349 g/mol. The van der Waals surface area contributed by atoms with Gasteiger partial charge in [0.15, 0.2) is 5.82 Å². The van der Waals surface area contributed by atoms with Crippen LogP contribution in [0.2, 0.25) is 5.02 Å². The van der Waals surface area contributed by atoms with Crippen LogP contribution in [0, 0.1) is 5.82 Å². The molecule has 5 N–H and O–H groups in total. The summed E-state index contributed by atoms with van der Waals surface area (Å²) in [4.78, 5) is 0. The second-order valence-corrected chi connectivity index (χ2v) is 5.36. The van der Waals surface area contributed by atoms with Gasteiger partial charge in [-0.05, 0) is 18.2 Å². The average molecular weight is 361 g/mol. The molecule has 4 nitrogen and oxygen atoms in total. The van der Waals surface area contributed by atoms with Gasteiger partial charge in [-0.3, -0.25) is 0 Å². The molecule has 2 aromatic carbocycles. The van der Waals surface area contributed by atoms with Crippen LogP contribution >= 0.6 is 27.5 Å². The number of nitrogens with one attached hydrogen (secondary N) is 1. The molecule has 0 heterocycles. The lowest BCUT2D eigenvalue weighted by Crippen LogP contribution is -2.03. The van der Waals surface area contributed by atoms with Crippen molar-refractivity contribution in [1.29, 1.82) is 0 Å². The van der Waals surface area contributed by atoms with Gasteiger partial charge in [0.05, 0.1) is 24.2 Å². The lowest BCUT2D eigenvalue weighted by Gasteiger charge is -2.14. The number of anilines is 4. The third-order valence-corrected chi connectivity index (χ3v) is 3.48. The molecule has 2 rings (SSSR count). The van der Waals surface area contributed by atoms with E-state index in [0.29, 0.717) is 11.4 Å². The number of hydrogen-bond donors (Lipinski definition) is 3. The maximum Gasteiger partial charge on any atom is 0.169 e. The van der Waals surface area contributed by atoms with Gasteiger partial charge in [0.25, 0.3) is 0 Å². The molecule has 0 spiro atoms. The molecule has 0 amide bonds. The highest BCUT2D eigenvalue weighted by Gasteiger charge is 2.15. The first-order valence-electron chi connectivity index (χ1n) is 5.57. The van der Waals surface area contributed by atoms with E-state index in [1.165, 1.54) is 6.07 Å². The van der Waals surface area contributed by atoms with Crippen LogP contribution in [0.3, 0.4) is 0 Å². The van der Waals surface area contributed by atoms with E-state index >= 15 is 0 Å². The molecule has 0 aliphatic carbocycles. The molecule has 0 saturated heterocycles. The normalized spacial score (nSPS) is 10.4. The number of halogens is 3. The molecule has 0 unspecified atom stereocenters. The summed E-state index contributed by atoms with van der Waals surface area (Å²) in [5, 5.41) is 2.71. The monoisotopic (exact) mass is 359 g/mol. The predicted molar refractivity (Wildman–Crippen MR) is 84.2 cm³/mol. The van der Waals surface area contributed by atoms with E-state index in [2.05, 4.69) is 21.2 Å². The summed E-state index contributed by atoms with van der Waals surface area (Å²) >= 11 is 9.12. The lowest BCUT2D eigenvalue weighted by atomic mass is 10.2. The van der Waals surface area contributed by atoms with E-state index in [1.54, 1.807) is 25.3 Å². The Labute approximate surface area is 129 Å². The Morgan fingerprint density at radius 2 is 1.90 bits per heavy atom. The number of hydrogen-bond acceptors (Lipinski definition) is 4. The summed E-state index contributed by atoms with van der Waals surface area (Å²) in [6.07, 6.45) is 0. The minimum absolute atomic E-state index is 0.0735. The van der Waals surface area contributed by atoms with Crippen molar-refractivity contribution in [2.75, 3.05) is 23.9 Å². The fourth-order valence-electron chi connectivity index (χ4n) is 1.69. The van der Waals surface area contributed by atoms with Crippen molar-refractivity contribution >= 4 is 50.3 Å². The second kappa shape index (κ2) is 5.76. The van der Waals surface area contributed by atoms with E-state index < -0.39 is 5.82 Å². The highest BCUT2D eigenvalue weighted by atomic mass is 79.9. The van der Waals surface area contributed by atoms with Gasteiger partial charge in [-0.1, -0.05) is 27.5 Å². The molecule has 0 atom stereocenters. The minimum atomic E-state index is -0.692. The van der Waals surface area contributed by atoms with Crippen molar-refractivity contribution in [3.05, 3.63) is 39.6 Å². The summed E-state index contributed by atoms with van der Waals surface area (Å²) in [5.74, 6) is -0.0782. The Morgan fingerprint density at radius 3 is 2.55 bits per heavy atom. The molecule has 20 heavy (non-hydrogen) atoms. The van der Waals surface area contributed by atoms with Crippen molar-refractivity contribution in [3.63, 3.8) is 0 Å². The SMILES string of the molecule is COc1cc(Br)cc(Nc2c(N)cc(N)c(Cl)c2F)c1. The lowest BCUT2D eigenvalue weighted by molar-refractivity contribution is 0.415. The molecule has 0 aromatic heterocycles. The van der Waals surface area contributed by atoms with Crippen LogP contribution in [0.4, 0.5) is 27.1 Å². The fourth-order valence-corrected chi connectivity index (χ4v) is 2.31. The van der Waals surface area contributed by atoms with Gasteiger partial charge in [-0.15, -0.1) is 0 Å². The van der Waals surface area contributed by atoms with Crippen molar-refractivity contribution in [3.8, 4) is 5.75 Å². The van der Waals surface area contributed by atoms with Gasteiger partial charge in [-0.2, -0.15) is 0 Å². The molecule has 106 valence electrons. The number of ether oxygens (including phenoxy) is 1. The van der Waals surface area contributed by atoms with Gasteiger partial charge in [0.1, 0.15) is 10.8 Å². The Balaban J connectivity index is 2.45. The summed E-state index contributed by atoms with van der Waals surface area (Å²) in [5.41, 5.74) is 12.2. The summed E-state index contributed by atoms with van der Waals surface area (Å²) in [6.45, 7) is 0. The zero-order valence-corrected chi connectivity index (χ0v) is 12.8. The van der Waals surface area contributed by atoms with E-state index in [9.17, 15) is 4.39 Å². The van der Waals surface area contributed by atoms with Gasteiger partial charge >= 0.3 is 0 Å². The summed E-state index contributed by atoms with van der Waals surface area (Å²) < 4.78 is 20.0. The Kier molecular flexibility index (Phi) is 4.25. The number of nitrogen functional groups attached to an aromatic ring is 2. The van der Waals surface area contributed by atoms with Gasteiger partial charge < -0.3 is 21.5 Å². The standard InChI is InChI=1S/C13H12BrClFN3O/c1-20-8-3-6(14)2-7(4-8)19-13-10(18)5-9(17)11(15)12(13)16/h2-5,19H,17-18H2,1H3. The smallest absolute Gasteiger partial charge is 0.169 e. The highest BCUT2D eigenvalue weighted by Crippen LogP contribution is 2.36. The Morgan fingerprint density at radius 1 is 1.20 bits per heavy atom. The maximum atomic E-state index is 14.1. The van der Waals surface area contributed by atoms with E-state index in [4.69, 9.17) is 27.8 Å². The van der Waals surface area contributed by atoms with Gasteiger partial charge in [-0.25, -0.2) is 4.39 Å². The number of benzene rings is 2. The first kappa shape index (κ1) is 14.7. The van der Waals surface area contributed by atoms with Crippen molar-refractivity contribution in [1.82, 2.24) is 0 Å². The van der Waals surface area contributed by atoms with Crippen molar-refractivity contribution in [2.24, 2.45) is 0 Å². The fraction of sp³-hybridized carbons (Fsp3) is 0.0769. The first-order chi connectivity index (χ1) is 9.42. The maximum absolute atomic E-state index is 14.1. The number of nitrogens with two attached hydrogens (primary N) is 2. The van der Waals surface area contributed by atoms with Crippen LogP contribution in [0.15, 0.2) is 28.7 Å². The number of rotatable bonds is 3. The van der Waals surface area contributed by atoms with Crippen LogP contribution in [-0.2, 0) is 0 Å². The molecule has 2 aromatic rings. The molecule has 0 aliphatic heterocycles. The third-order valence-electron chi connectivity index (χ3n) is 2.64. The molecule has 0 radical (unpaired) electrons. The van der Waals surface area contributed by atoms with Gasteiger partial charge in [0.2, 0.25) is 0 Å². The second-order valence-electron chi connectivity index (χ2n) is 4.06. The molecular formula is C13H12BrClFN3O. The molecule has 7 heteroatoms. The summed E-state index contributed by atoms with van der Waals surface area (Å²) in [6, 6.07) is 6.64. The highest BCUT2D eigenvalue weighted by molar-refractivity contribution is 9.10. The van der Waals surface area contributed by atoms with Crippen LogP contribution in [0.1, 0.15) is 0 Å². The van der Waals surface area contributed by atoms with Gasteiger partial charge in [0, 0.05) is 16.2 Å². The number of methoxy groups -OCH3 is 1. The predicted octanol–water partition coefficient (Wildman–Crippen LogP) is 4.16. The van der Waals surface area contributed by atoms with E-state index in [1.807, 2.05) is 0 Å². The Bertz CT molecular complexity index is 667. The molecule has 0 bridgehead atoms. The van der Waals surface area contributed by atoms with Crippen LogP contribution < -0.4 is 21.5 Å². The average Bonchev–Trinajstić information content (AvgIpc) is 2.40. The first-order valence-corrected chi connectivity index (χ1v) is 6.74. The van der Waals surface area contributed by atoms with Crippen LogP contribution in [0.25, 0.3) is 0 Å². The van der Waals surface area contributed by atoms with Crippen LogP contribution in [-0.4, -0.2) is 7.11 Å². The van der Waals surface area contributed by atoms with Crippen molar-refractivity contribution in [2.45, 2.75) is 0 Å². The molecule has 0 saturated carbocycles. The Hall–Kier alpha value is -1.66. The quantitative estimate of drug-likeness (QED) is 0.719. The van der Waals surface area contributed by atoms with Crippen LogP contribution in [0.5, 0.6) is 5.75 Å².